The zero-order valence-electron chi connectivity index (χ0n) is 43.9. The van der Waals surface area contributed by atoms with Crippen LogP contribution in [0.5, 0.6) is 0 Å². The highest BCUT2D eigenvalue weighted by Crippen LogP contribution is 2.41. The molecule has 16 rings (SSSR count). The topological polar surface area (TPSA) is 53.5 Å². The molecular formula is C75H48N6. The quantitative estimate of drug-likeness (QED) is 0.145. The van der Waals surface area contributed by atoms with Gasteiger partial charge in [0.1, 0.15) is 0 Å². The summed E-state index contributed by atoms with van der Waals surface area (Å²) < 4.78 is 7.04. The van der Waals surface area contributed by atoms with Gasteiger partial charge in [-0.15, -0.1) is 0 Å². The highest BCUT2D eigenvalue weighted by molar-refractivity contribution is 6.13. The van der Waals surface area contributed by atoms with Gasteiger partial charge >= 0.3 is 0 Å². The highest BCUT2D eigenvalue weighted by Gasteiger charge is 2.21. The van der Waals surface area contributed by atoms with Crippen molar-refractivity contribution < 1.29 is 0 Å². The summed E-state index contributed by atoms with van der Waals surface area (Å²) in [5.74, 6) is 1.76. The minimum Gasteiger partial charge on any atom is -0.309 e. The highest BCUT2D eigenvalue weighted by atomic mass is 15.2. The lowest BCUT2D eigenvalue weighted by Gasteiger charge is -2.13. The molecule has 0 aliphatic carbocycles. The number of rotatable bonds is 9. The molecule has 378 valence electrons. The smallest absolute Gasteiger partial charge is 0.238 e. The van der Waals surface area contributed by atoms with E-state index in [9.17, 15) is 0 Å². The number of hydrogen-bond acceptors (Lipinski definition) is 3. The second-order valence-electron chi connectivity index (χ2n) is 20.8. The molecule has 81 heavy (non-hydrogen) atoms. The maximum absolute atomic E-state index is 5.34. The summed E-state index contributed by atoms with van der Waals surface area (Å²) in [5, 5.41) is 7.14. The van der Waals surface area contributed by atoms with Crippen LogP contribution in [0.2, 0.25) is 0 Å². The minimum atomic E-state index is 0.546. The number of benzene rings is 12. The van der Waals surface area contributed by atoms with Crippen molar-refractivity contribution in [2.75, 3.05) is 0 Å². The average molecular weight is 1030 g/mol. The molecular weight excluding hydrogens is 985 g/mol. The van der Waals surface area contributed by atoms with Crippen molar-refractivity contribution in [3.8, 4) is 84.6 Å². The summed E-state index contributed by atoms with van der Waals surface area (Å²) >= 11 is 0. The van der Waals surface area contributed by atoms with Crippen molar-refractivity contribution >= 4 is 65.4 Å². The van der Waals surface area contributed by atoms with Crippen LogP contribution in [0.15, 0.2) is 291 Å². The van der Waals surface area contributed by atoms with Gasteiger partial charge in [0.05, 0.1) is 33.1 Å². The number of para-hydroxylation sites is 2. The maximum atomic E-state index is 5.34. The van der Waals surface area contributed by atoms with Crippen LogP contribution in [0.1, 0.15) is 0 Å². The zero-order valence-corrected chi connectivity index (χ0v) is 43.9. The lowest BCUT2D eigenvalue weighted by Crippen LogP contribution is -2.06. The summed E-state index contributed by atoms with van der Waals surface area (Å²) in [6, 6.07) is 104. The number of hydrogen-bond donors (Lipinski definition) is 0. The Morgan fingerprint density at radius 2 is 0.457 bits per heavy atom. The van der Waals surface area contributed by atoms with E-state index in [4.69, 9.17) is 15.0 Å². The van der Waals surface area contributed by atoms with E-state index in [0.29, 0.717) is 17.6 Å². The van der Waals surface area contributed by atoms with E-state index in [1.165, 1.54) is 65.9 Å². The van der Waals surface area contributed by atoms with Crippen molar-refractivity contribution in [2.45, 2.75) is 0 Å². The predicted molar refractivity (Wildman–Crippen MR) is 335 cm³/mol. The first kappa shape index (κ1) is 46.2. The summed E-state index contributed by atoms with van der Waals surface area (Å²) in [7, 11) is 0. The molecule has 0 saturated heterocycles. The van der Waals surface area contributed by atoms with Crippen molar-refractivity contribution in [3.63, 3.8) is 0 Å². The van der Waals surface area contributed by atoms with E-state index in [0.717, 1.165) is 66.6 Å². The van der Waals surface area contributed by atoms with Gasteiger partial charge in [0.2, 0.25) is 5.95 Å². The first-order chi connectivity index (χ1) is 40.1. The van der Waals surface area contributed by atoms with E-state index in [2.05, 4.69) is 268 Å². The summed E-state index contributed by atoms with van der Waals surface area (Å²) in [5.41, 5.74) is 19.9. The van der Waals surface area contributed by atoms with Crippen molar-refractivity contribution in [2.24, 2.45) is 0 Å². The van der Waals surface area contributed by atoms with Gasteiger partial charge in [0, 0.05) is 54.8 Å². The molecule has 0 N–H and O–H groups in total. The first-order valence-corrected chi connectivity index (χ1v) is 27.5. The molecule has 6 nitrogen and oxygen atoms in total. The Labute approximate surface area is 467 Å². The second-order valence-corrected chi connectivity index (χ2v) is 20.8. The first-order valence-electron chi connectivity index (χ1n) is 27.5. The van der Waals surface area contributed by atoms with Gasteiger partial charge in [-0.25, -0.2) is 4.98 Å². The van der Waals surface area contributed by atoms with Gasteiger partial charge < -0.3 is 9.13 Å². The molecule has 16 aromatic rings. The fourth-order valence-corrected chi connectivity index (χ4v) is 12.2. The van der Waals surface area contributed by atoms with Crippen LogP contribution in [-0.2, 0) is 0 Å². The Balaban J connectivity index is 0.846. The summed E-state index contributed by atoms with van der Waals surface area (Å²) in [4.78, 5) is 15.8. The maximum Gasteiger partial charge on any atom is 0.238 e. The van der Waals surface area contributed by atoms with E-state index in [-0.39, 0.29) is 0 Å². The molecule has 12 aromatic carbocycles. The summed E-state index contributed by atoms with van der Waals surface area (Å²) in [6.07, 6.45) is 0. The Bertz CT molecular complexity index is 4740. The van der Waals surface area contributed by atoms with E-state index >= 15 is 0 Å². The van der Waals surface area contributed by atoms with Gasteiger partial charge in [-0.3, -0.25) is 4.57 Å². The van der Waals surface area contributed by atoms with Crippen molar-refractivity contribution in [1.82, 2.24) is 28.7 Å². The van der Waals surface area contributed by atoms with Gasteiger partial charge in [-0.05, 0) is 105 Å². The van der Waals surface area contributed by atoms with Crippen molar-refractivity contribution in [1.29, 1.82) is 0 Å². The van der Waals surface area contributed by atoms with E-state index in [1.54, 1.807) is 0 Å². The summed E-state index contributed by atoms with van der Waals surface area (Å²) in [6.45, 7) is 0. The Hall–Kier alpha value is -11.0. The normalized spacial score (nSPS) is 11.7. The third-order valence-electron chi connectivity index (χ3n) is 16.1. The van der Waals surface area contributed by atoms with Gasteiger partial charge in [0.15, 0.2) is 11.6 Å². The molecule has 0 spiro atoms. The molecule has 6 heteroatoms. The number of aromatic nitrogens is 6. The molecule has 0 bridgehead atoms. The second kappa shape index (κ2) is 18.9. The number of nitrogens with zero attached hydrogens (tertiary/aromatic N) is 6. The Kier molecular flexibility index (Phi) is 10.8. The average Bonchev–Trinajstić information content (AvgIpc) is 4.34. The zero-order chi connectivity index (χ0) is 53.4. The fraction of sp³-hybridized carbons (Fsp3) is 0. The van der Waals surface area contributed by atoms with Gasteiger partial charge in [0.25, 0.3) is 0 Å². The molecule has 4 aromatic heterocycles. The van der Waals surface area contributed by atoms with E-state index in [1.807, 2.05) is 36.4 Å². The molecule has 0 radical (unpaired) electrons. The third kappa shape index (κ3) is 7.83. The lowest BCUT2D eigenvalue weighted by atomic mass is 10.0. The minimum absolute atomic E-state index is 0.546. The fourth-order valence-electron chi connectivity index (χ4n) is 12.2. The molecule has 0 atom stereocenters. The van der Waals surface area contributed by atoms with Crippen LogP contribution in [-0.4, -0.2) is 28.7 Å². The third-order valence-corrected chi connectivity index (χ3v) is 16.1. The Morgan fingerprint density at radius 3 is 0.815 bits per heavy atom. The van der Waals surface area contributed by atoms with Crippen LogP contribution in [0.25, 0.3) is 150 Å². The molecule has 0 unspecified atom stereocenters. The lowest BCUT2D eigenvalue weighted by molar-refractivity contribution is 0.953. The van der Waals surface area contributed by atoms with Crippen LogP contribution >= 0.6 is 0 Å². The van der Waals surface area contributed by atoms with Crippen LogP contribution in [0.4, 0.5) is 0 Å². The molecule has 0 saturated carbocycles. The van der Waals surface area contributed by atoms with Gasteiger partial charge in [-0.1, -0.05) is 231 Å². The molecule has 0 aliphatic rings. The molecule has 4 heterocycles. The number of fused-ring (bicyclic) bond motifs is 9. The standard InChI is InChI=1S/C75H48N6/c1-5-17-49(18-6-1)55-33-41-63-61-25-13-15-27-67(61)79(69(63)45-55)59-37-29-51(30-38-59)57-35-43-65-66-44-36-58(48-72(66)81(71(65)47-57)75-77-73(53-21-9-3-10-22-53)76-74(78-75)54-23-11-4-12-24-54)52-31-39-60(40-32-52)80-68-28-16-14-26-62(68)64-42-34-56(46-70(64)80)50-19-7-2-8-20-50/h1-48H. The Morgan fingerprint density at radius 1 is 0.185 bits per heavy atom. The van der Waals surface area contributed by atoms with Crippen molar-refractivity contribution in [3.05, 3.63) is 291 Å². The monoisotopic (exact) mass is 1030 g/mol. The largest absolute Gasteiger partial charge is 0.309 e. The van der Waals surface area contributed by atoms with Crippen LogP contribution in [0.3, 0.4) is 0 Å². The van der Waals surface area contributed by atoms with Crippen LogP contribution < -0.4 is 0 Å². The van der Waals surface area contributed by atoms with E-state index < -0.39 is 0 Å². The molecule has 0 aliphatic heterocycles. The van der Waals surface area contributed by atoms with Gasteiger partial charge in [-0.2, -0.15) is 9.97 Å². The molecule has 0 fully saturated rings. The van der Waals surface area contributed by atoms with Crippen LogP contribution in [0, 0.1) is 0 Å². The molecule has 0 amide bonds. The predicted octanol–water partition coefficient (Wildman–Crippen LogP) is 19.2. The SMILES string of the molecule is c1ccc(-c2ccc3c4ccccc4n(-c4ccc(-c5ccc6c7ccc(-c8ccc(-n9c%10ccccc%10c%10ccc(-c%11ccccc%11)cc%109)cc8)cc7n(-c7nc(-c8ccccc8)nc(-c8ccccc8)n7)c6c5)cc4)c3c2)cc1.